The molecule has 2 aliphatic heterocycles. The smallest absolute Gasteiger partial charge is 0.338 e. The molecule has 214 valence electrons. The van der Waals surface area contributed by atoms with Crippen molar-refractivity contribution < 1.29 is 33.0 Å². The van der Waals surface area contributed by atoms with E-state index in [-0.39, 0.29) is 42.3 Å². The zero-order valence-corrected chi connectivity index (χ0v) is 23.4. The van der Waals surface area contributed by atoms with Crippen LogP contribution in [0.15, 0.2) is 53.7 Å². The number of esters is 1. The molecule has 10 nitrogen and oxygen atoms in total. The Labute approximate surface area is 233 Å². The van der Waals surface area contributed by atoms with Crippen LogP contribution in [0.3, 0.4) is 0 Å². The van der Waals surface area contributed by atoms with E-state index in [1.54, 1.807) is 49.2 Å². The molecule has 3 amide bonds. The Morgan fingerprint density at radius 2 is 1.85 bits per heavy atom. The molecule has 0 spiro atoms. The summed E-state index contributed by atoms with van der Waals surface area (Å²) in [7, 11) is 4.65. The van der Waals surface area contributed by atoms with E-state index in [0.29, 0.717) is 42.4 Å². The van der Waals surface area contributed by atoms with Crippen LogP contribution in [0.4, 0.5) is 9.18 Å². The van der Waals surface area contributed by atoms with Crippen LogP contribution in [0.2, 0.25) is 0 Å². The number of rotatable bonds is 8. The van der Waals surface area contributed by atoms with Crippen LogP contribution < -0.4 is 14.8 Å². The molecule has 40 heavy (non-hydrogen) atoms. The molecular formula is C29H35FN4O6. The van der Waals surface area contributed by atoms with Crippen LogP contribution in [-0.2, 0) is 9.53 Å². The largest absolute Gasteiger partial charge is 0.497 e. The molecule has 2 heterocycles. The van der Waals surface area contributed by atoms with E-state index in [9.17, 15) is 18.8 Å². The summed E-state index contributed by atoms with van der Waals surface area (Å²) in [6, 6.07) is 9.65. The monoisotopic (exact) mass is 554 g/mol. The third kappa shape index (κ3) is 5.74. The first kappa shape index (κ1) is 28.9. The maximum Gasteiger partial charge on any atom is 0.338 e. The fraction of sp³-hybridized carbons (Fsp3) is 0.414. The second-order valence-electron chi connectivity index (χ2n) is 9.69. The molecule has 0 bridgehead atoms. The number of halogens is 1. The van der Waals surface area contributed by atoms with Crippen molar-refractivity contribution in [3.63, 3.8) is 0 Å². The Hall–Kier alpha value is -4.12. The summed E-state index contributed by atoms with van der Waals surface area (Å²) in [5.41, 5.74) is 1.36. The number of nitrogens with one attached hydrogen (secondary N) is 1. The average Bonchev–Trinajstić information content (AvgIpc) is 2.95. The summed E-state index contributed by atoms with van der Waals surface area (Å²) in [6.45, 7) is 5.31. The van der Waals surface area contributed by atoms with Gasteiger partial charge in [-0.05, 0) is 44.2 Å². The van der Waals surface area contributed by atoms with Crippen LogP contribution in [0.25, 0.3) is 0 Å². The Kier molecular flexibility index (Phi) is 8.93. The number of carbonyl (C=O) groups excluding carboxylic acids is 3. The summed E-state index contributed by atoms with van der Waals surface area (Å²) in [6.07, 6.45) is 0. The van der Waals surface area contributed by atoms with Crippen molar-refractivity contribution in [1.29, 1.82) is 0 Å². The molecule has 2 aliphatic rings. The number of benzene rings is 2. The van der Waals surface area contributed by atoms with E-state index < -0.39 is 17.8 Å². The van der Waals surface area contributed by atoms with Crippen molar-refractivity contribution in [2.45, 2.75) is 25.9 Å². The summed E-state index contributed by atoms with van der Waals surface area (Å²) < 4.78 is 30.7. The molecule has 0 radical (unpaired) electrons. The number of nitrogens with zero attached hydrogens (tertiary/aromatic N) is 3. The van der Waals surface area contributed by atoms with Crippen LogP contribution in [0.5, 0.6) is 11.5 Å². The summed E-state index contributed by atoms with van der Waals surface area (Å²) in [4.78, 5) is 44.7. The lowest BCUT2D eigenvalue weighted by molar-refractivity contribution is -0.139. The quantitative estimate of drug-likeness (QED) is 0.500. The number of methoxy groups -OCH3 is 2. The van der Waals surface area contributed by atoms with E-state index in [1.807, 2.05) is 6.92 Å². The zero-order chi connectivity index (χ0) is 29.0. The minimum atomic E-state index is -0.843. The number of amides is 3. The van der Waals surface area contributed by atoms with E-state index in [1.165, 1.54) is 31.3 Å². The first-order valence-electron chi connectivity index (χ1n) is 13.1. The molecule has 4 rings (SSSR count). The normalized spacial score (nSPS) is 19.8. The van der Waals surface area contributed by atoms with Crippen molar-refractivity contribution in [2.75, 3.05) is 54.1 Å². The molecule has 2 atom stereocenters. The van der Waals surface area contributed by atoms with E-state index >= 15 is 0 Å². The van der Waals surface area contributed by atoms with Gasteiger partial charge in [0, 0.05) is 50.5 Å². The van der Waals surface area contributed by atoms with Gasteiger partial charge in [0.05, 0.1) is 38.0 Å². The van der Waals surface area contributed by atoms with Crippen LogP contribution in [0.1, 0.15) is 35.8 Å². The molecule has 1 fully saturated rings. The highest BCUT2D eigenvalue weighted by atomic mass is 19.1. The van der Waals surface area contributed by atoms with Gasteiger partial charge in [-0.1, -0.05) is 12.1 Å². The van der Waals surface area contributed by atoms with Crippen LogP contribution in [-0.4, -0.2) is 92.7 Å². The molecular weight excluding hydrogens is 519 g/mol. The predicted molar refractivity (Wildman–Crippen MR) is 146 cm³/mol. The highest BCUT2D eigenvalue weighted by Crippen LogP contribution is 2.38. The third-order valence-corrected chi connectivity index (χ3v) is 7.27. The molecule has 1 saturated heterocycles. The van der Waals surface area contributed by atoms with Crippen molar-refractivity contribution in [1.82, 2.24) is 20.0 Å². The minimum Gasteiger partial charge on any atom is -0.497 e. The van der Waals surface area contributed by atoms with Gasteiger partial charge in [-0.25, -0.2) is 14.0 Å². The van der Waals surface area contributed by atoms with Gasteiger partial charge < -0.3 is 24.4 Å². The van der Waals surface area contributed by atoms with Crippen molar-refractivity contribution in [3.8, 4) is 11.5 Å². The maximum absolute atomic E-state index is 14.3. The second-order valence-corrected chi connectivity index (χ2v) is 9.69. The van der Waals surface area contributed by atoms with Crippen LogP contribution >= 0.6 is 0 Å². The van der Waals surface area contributed by atoms with Gasteiger partial charge >= 0.3 is 12.0 Å². The zero-order valence-electron chi connectivity index (χ0n) is 23.4. The number of hydrogen-bond donors (Lipinski definition) is 1. The third-order valence-electron chi connectivity index (χ3n) is 7.27. The first-order chi connectivity index (χ1) is 19.2. The summed E-state index contributed by atoms with van der Waals surface area (Å²) in [5.74, 6) is -0.458. The van der Waals surface area contributed by atoms with E-state index in [4.69, 9.17) is 14.2 Å². The molecule has 1 N–H and O–H groups in total. The molecule has 0 aromatic heterocycles. The van der Waals surface area contributed by atoms with Gasteiger partial charge in [-0.15, -0.1) is 0 Å². The number of urea groups is 1. The molecule has 2 aromatic rings. The van der Waals surface area contributed by atoms with E-state index in [0.717, 1.165) is 0 Å². The molecule has 0 aliphatic carbocycles. The summed E-state index contributed by atoms with van der Waals surface area (Å²) in [5, 5.41) is 2.91. The highest BCUT2D eigenvalue weighted by molar-refractivity contribution is 5.96. The van der Waals surface area contributed by atoms with Crippen LogP contribution in [0, 0.1) is 5.82 Å². The van der Waals surface area contributed by atoms with Crippen molar-refractivity contribution in [3.05, 3.63) is 70.7 Å². The topological polar surface area (TPSA) is 101 Å². The number of carbonyl (C=O) groups is 3. The lowest BCUT2D eigenvalue weighted by Crippen LogP contribution is -2.56. The SMILES string of the molecule is CCOC(=O)C1=C(CN2CCN(C(=O)c3ccccc3F)[C@H](C)C2)N(C)C(=O)N[C@@H]1c1cc(OC)ccc1OC. The Morgan fingerprint density at radius 1 is 1.10 bits per heavy atom. The second kappa shape index (κ2) is 12.4. The van der Waals surface area contributed by atoms with Crippen molar-refractivity contribution in [2.24, 2.45) is 0 Å². The molecule has 0 saturated carbocycles. The number of piperazine rings is 1. The maximum atomic E-state index is 14.3. The van der Waals surface area contributed by atoms with Gasteiger partial charge in [0.2, 0.25) is 0 Å². The molecule has 11 heteroatoms. The minimum absolute atomic E-state index is 0.0360. The molecule has 0 unspecified atom stereocenters. The first-order valence-corrected chi connectivity index (χ1v) is 13.1. The fourth-order valence-electron chi connectivity index (χ4n) is 5.18. The van der Waals surface area contributed by atoms with E-state index in [2.05, 4.69) is 10.2 Å². The lowest BCUT2D eigenvalue weighted by Gasteiger charge is -2.42. The van der Waals surface area contributed by atoms with Gasteiger partial charge in [0.1, 0.15) is 17.3 Å². The number of likely N-dealkylation sites (N-methyl/N-ethyl adjacent to an activating group) is 1. The van der Waals surface area contributed by atoms with Gasteiger partial charge in [0.15, 0.2) is 0 Å². The fourth-order valence-corrected chi connectivity index (χ4v) is 5.18. The lowest BCUT2D eigenvalue weighted by atomic mass is 9.93. The van der Waals surface area contributed by atoms with Gasteiger partial charge in [-0.3, -0.25) is 14.6 Å². The Bertz CT molecular complexity index is 1320. The van der Waals surface area contributed by atoms with Gasteiger partial charge in [-0.2, -0.15) is 0 Å². The Balaban J connectivity index is 1.66. The number of hydrogen-bond acceptors (Lipinski definition) is 7. The summed E-state index contributed by atoms with van der Waals surface area (Å²) >= 11 is 0. The standard InChI is InChI=1S/C29H35FN4O6/c1-6-40-28(36)25-23(32(3)29(37)31-26(25)21-15-19(38-4)11-12-24(21)39-5)17-33-13-14-34(18(2)16-33)27(35)20-9-7-8-10-22(20)30/h7-12,15,18,26H,6,13-14,16-17H2,1-5H3,(H,31,37)/t18-,26-/m1/s1. The van der Waals surface area contributed by atoms with Gasteiger partial charge in [0.25, 0.3) is 5.91 Å². The predicted octanol–water partition coefficient (Wildman–Crippen LogP) is 3.20. The molecule has 2 aromatic carbocycles. The Morgan fingerprint density at radius 3 is 2.50 bits per heavy atom. The van der Waals surface area contributed by atoms with Crippen molar-refractivity contribution >= 4 is 17.9 Å². The number of ether oxygens (including phenoxy) is 3. The highest BCUT2D eigenvalue weighted by Gasteiger charge is 2.39. The average molecular weight is 555 g/mol.